The average Bonchev–Trinajstić information content (AvgIpc) is 2.32. The van der Waals surface area contributed by atoms with Crippen LogP contribution < -0.4 is 0 Å². The van der Waals surface area contributed by atoms with Crippen LogP contribution >= 0.6 is 0 Å². The number of hydrogen-bond donors (Lipinski definition) is 0. The standard InChI is InChI=1S/C11H17NO4/c13-11-7-3-1-2-5-10(9-16-11)6-4-8-12(14)15/h2,5,10H,1,3-4,6-9H2/b5-2-/t10-/m0/s1. The summed E-state index contributed by atoms with van der Waals surface area (Å²) in [6.45, 7) is 0.339. The summed E-state index contributed by atoms with van der Waals surface area (Å²) < 4.78 is 5.07. The molecular weight excluding hydrogens is 210 g/mol. The fraction of sp³-hybridized carbons (Fsp3) is 0.727. The zero-order chi connectivity index (χ0) is 11.8. The summed E-state index contributed by atoms with van der Waals surface area (Å²) in [6.07, 6.45) is 7.44. The van der Waals surface area contributed by atoms with E-state index in [-0.39, 0.29) is 23.4 Å². The first kappa shape index (κ1) is 12.7. The highest BCUT2D eigenvalue weighted by Gasteiger charge is 2.12. The number of nitrogens with zero attached hydrogens (tertiary/aromatic N) is 1. The Morgan fingerprint density at radius 2 is 2.38 bits per heavy atom. The number of rotatable bonds is 4. The zero-order valence-electron chi connectivity index (χ0n) is 9.26. The molecule has 0 saturated heterocycles. The molecule has 0 unspecified atom stereocenters. The second-order valence-electron chi connectivity index (χ2n) is 3.96. The maximum atomic E-state index is 11.2. The van der Waals surface area contributed by atoms with Crippen LogP contribution in [0.5, 0.6) is 0 Å². The third-order valence-electron chi connectivity index (χ3n) is 2.53. The van der Waals surface area contributed by atoms with Crippen molar-refractivity contribution in [2.24, 2.45) is 5.92 Å². The maximum Gasteiger partial charge on any atom is 0.305 e. The molecule has 0 radical (unpaired) electrons. The van der Waals surface area contributed by atoms with E-state index in [0.29, 0.717) is 25.9 Å². The highest BCUT2D eigenvalue weighted by Crippen LogP contribution is 2.13. The monoisotopic (exact) mass is 227 g/mol. The van der Waals surface area contributed by atoms with Crippen LogP contribution in [0.15, 0.2) is 12.2 Å². The van der Waals surface area contributed by atoms with Gasteiger partial charge < -0.3 is 4.74 Å². The van der Waals surface area contributed by atoms with E-state index in [1.165, 1.54) is 0 Å². The Morgan fingerprint density at radius 3 is 3.12 bits per heavy atom. The van der Waals surface area contributed by atoms with E-state index in [9.17, 15) is 14.9 Å². The molecule has 0 aromatic heterocycles. The van der Waals surface area contributed by atoms with Crippen LogP contribution in [0.4, 0.5) is 0 Å². The van der Waals surface area contributed by atoms with Crippen LogP contribution in [0.3, 0.4) is 0 Å². The number of carbonyl (C=O) groups is 1. The Hall–Kier alpha value is -1.39. The predicted octanol–water partition coefficient (Wildman–Crippen LogP) is 1.94. The Labute approximate surface area is 94.6 Å². The van der Waals surface area contributed by atoms with Gasteiger partial charge >= 0.3 is 5.97 Å². The van der Waals surface area contributed by atoms with Crippen molar-refractivity contribution in [3.8, 4) is 0 Å². The first-order valence-corrected chi connectivity index (χ1v) is 5.62. The number of hydrogen-bond acceptors (Lipinski definition) is 4. The van der Waals surface area contributed by atoms with Crippen molar-refractivity contribution >= 4 is 5.97 Å². The molecule has 5 heteroatoms. The van der Waals surface area contributed by atoms with Crippen LogP contribution in [-0.2, 0) is 9.53 Å². The van der Waals surface area contributed by atoms with Crippen LogP contribution in [0.25, 0.3) is 0 Å². The van der Waals surface area contributed by atoms with E-state index in [0.717, 1.165) is 12.8 Å². The highest BCUT2D eigenvalue weighted by molar-refractivity contribution is 5.69. The lowest BCUT2D eigenvalue weighted by Crippen LogP contribution is -2.13. The van der Waals surface area contributed by atoms with Crippen molar-refractivity contribution in [2.75, 3.05) is 13.2 Å². The van der Waals surface area contributed by atoms with Crippen LogP contribution in [0.2, 0.25) is 0 Å². The number of nitro groups is 1. The molecule has 1 heterocycles. The largest absolute Gasteiger partial charge is 0.465 e. The van der Waals surface area contributed by atoms with Gasteiger partial charge in [0.2, 0.25) is 6.54 Å². The average molecular weight is 227 g/mol. The molecule has 0 aromatic rings. The minimum absolute atomic E-state index is 0.0156. The number of esters is 1. The third-order valence-corrected chi connectivity index (χ3v) is 2.53. The van der Waals surface area contributed by atoms with E-state index < -0.39 is 0 Å². The molecule has 90 valence electrons. The van der Waals surface area contributed by atoms with Gasteiger partial charge in [-0.05, 0) is 19.3 Å². The minimum atomic E-state index is -0.315. The fourth-order valence-corrected chi connectivity index (χ4v) is 1.64. The molecule has 1 aliphatic rings. The van der Waals surface area contributed by atoms with E-state index in [2.05, 4.69) is 0 Å². The lowest BCUT2D eigenvalue weighted by Gasteiger charge is -2.11. The fourth-order valence-electron chi connectivity index (χ4n) is 1.64. The second-order valence-corrected chi connectivity index (χ2v) is 3.96. The Kier molecular flexibility index (Phi) is 5.53. The van der Waals surface area contributed by atoms with Crippen molar-refractivity contribution in [1.29, 1.82) is 0 Å². The first-order valence-electron chi connectivity index (χ1n) is 5.62. The molecule has 0 aromatic carbocycles. The molecule has 0 amide bonds. The summed E-state index contributed by atoms with van der Waals surface area (Å²) in [5, 5.41) is 10.2. The van der Waals surface area contributed by atoms with Gasteiger partial charge in [-0.1, -0.05) is 12.2 Å². The third kappa shape index (κ3) is 5.48. The molecule has 1 atom stereocenters. The summed E-state index contributed by atoms with van der Waals surface area (Å²) in [7, 11) is 0. The quantitative estimate of drug-likeness (QED) is 0.318. The summed E-state index contributed by atoms with van der Waals surface area (Å²) in [6, 6.07) is 0. The van der Waals surface area contributed by atoms with E-state index >= 15 is 0 Å². The van der Waals surface area contributed by atoms with Gasteiger partial charge in [0.25, 0.3) is 0 Å². The molecule has 5 nitrogen and oxygen atoms in total. The van der Waals surface area contributed by atoms with Gasteiger partial charge in [-0.25, -0.2) is 0 Å². The topological polar surface area (TPSA) is 69.4 Å². The maximum absolute atomic E-state index is 11.2. The molecule has 0 fully saturated rings. The molecular formula is C11H17NO4. The van der Waals surface area contributed by atoms with Gasteiger partial charge in [0.15, 0.2) is 0 Å². The predicted molar refractivity (Wildman–Crippen MR) is 58.5 cm³/mol. The number of allylic oxidation sites excluding steroid dienone is 1. The smallest absolute Gasteiger partial charge is 0.305 e. The summed E-state index contributed by atoms with van der Waals surface area (Å²) in [4.78, 5) is 21.0. The van der Waals surface area contributed by atoms with Crippen molar-refractivity contribution in [3.05, 3.63) is 22.3 Å². The Balaban J connectivity index is 2.33. The number of ether oxygens (including phenoxy) is 1. The first-order chi connectivity index (χ1) is 7.68. The minimum Gasteiger partial charge on any atom is -0.465 e. The van der Waals surface area contributed by atoms with E-state index in [4.69, 9.17) is 4.74 Å². The Morgan fingerprint density at radius 1 is 1.56 bits per heavy atom. The molecule has 0 bridgehead atoms. The molecule has 0 aliphatic carbocycles. The van der Waals surface area contributed by atoms with Crippen LogP contribution in [0.1, 0.15) is 32.1 Å². The summed E-state index contributed by atoms with van der Waals surface area (Å²) in [5.41, 5.74) is 0. The number of cyclic esters (lactones) is 1. The van der Waals surface area contributed by atoms with Crippen LogP contribution in [-0.4, -0.2) is 24.0 Å². The van der Waals surface area contributed by atoms with Gasteiger partial charge in [-0.2, -0.15) is 0 Å². The lowest BCUT2D eigenvalue weighted by atomic mass is 10.0. The molecule has 16 heavy (non-hydrogen) atoms. The SMILES string of the molecule is O=C1CCC/C=C\[C@@H](CCC[N+](=O)[O-])CO1. The second kappa shape index (κ2) is 6.98. The molecule has 0 saturated carbocycles. The van der Waals surface area contributed by atoms with Crippen molar-refractivity contribution in [3.63, 3.8) is 0 Å². The highest BCUT2D eigenvalue weighted by atomic mass is 16.6. The van der Waals surface area contributed by atoms with Gasteiger partial charge in [0, 0.05) is 23.7 Å². The molecule has 1 aliphatic heterocycles. The van der Waals surface area contributed by atoms with Crippen molar-refractivity contribution in [2.45, 2.75) is 32.1 Å². The number of carbonyl (C=O) groups excluding carboxylic acids is 1. The van der Waals surface area contributed by atoms with E-state index in [1.54, 1.807) is 0 Å². The van der Waals surface area contributed by atoms with Gasteiger partial charge in [-0.15, -0.1) is 0 Å². The van der Waals surface area contributed by atoms with Crippen molar-refractivity contribution < 1.29 is 14.5 Å². The van der Waals surface area contributed by atoms with E-state index in [1.807, 2.05) is 12.2 Å². The normalized spacial score (nSPS) is 23.8. The Bertz CT molecular complexity index is 275. The lowest BCUT2D eigenvalue weighted by molar-refractivity contribution is -0.480. The molecule has 0 spiro atoms. The van der Waals surface area contributed by atoms with Crippen molar-refractivity contribution in [1.82, 2.24) is 0 Å². The summed E-state index contributed by atoms with van der Waals surface area (Å²) in [5.74, 6) is -0.0371. The molecule has 0 N–H and O–H groups in total. The molecule has 1 rings (SSSR count). The summed E-state index contributed by atoms with van der Waals surface area (Å²) >= 11 is 0. The van der Waals surface area contributed by atoms with Gasteiger partial charge in [0.05, 0.1) is 6.61 Å². The van der Waals surface area contributed by atoms with Crippen LogP contribution in [0, 0.1) is 16.0 Å². The zero-order valence-corrected chi connectivity index (χ0v) is 9.26. The van der Waals surface area contributed by atoms with Gasteiger partial charge in [0.1, 0.15) is 0 Å². The van der Waals surface area contributed by atoms with Gasteiger partial charge in [-0.3, -0.25) is 14.9 Å².